The molecule has 1 aromatic carbocycles. The molecule has 0 radical (unpaired) electrons. The topological polar surface area (TPSA) is 0 Å². The van der Waals surface area contributed by atoms with Crippen molar-refractivity contribution in [3.05, 3.63) is 34.1 Å². The molecular formula is C12H15Br2F. The van der Waals surface area contributed by atoms with Crippen molar-refractivity contribution in [3.8, 4) is 0 Å². The second-order valence-corrected chi connectivity index (χ2v) is 6.12. The van der Waals surface area contributed by atoms with Crippen molar-refractivity contribution >= 4 is 31.9 Å². The molecule has 0 saturated carbocycles. The van der Waals surface area contributed by atoms with Gasteiger partial charge >= 0.3 is 0 Å². The Morgan fingerprint density at radius 2 is 1.80 bits per heavy atom. The Kier molecular flexibility index (Phi) is 4.78. The molecule has 1 aromatic rings. The zero-order chi connectivity index (χ0) is 11.6. The molecular weight excluding hydrogens is 323 g/mol. The van der Waals surface area contributed by atoms with Gasteiger partial charge in [-0.05, 0) is 35.6 Å². The van der Waals surface area contributed by atoms with Gasteiger partial charge in [0.25, 0.3) is 0 Å². The number of halogens is 3. The normalized spacial score (nSPS) is 15.4. The highest BCUT2D eigenvalue weighted by molar-refractivity contribution is 9.10. The molecule has 0 aliphatic carbocycles. The van der Waals surface area contributed by atoms with Crippen molar-refractivity contribution in [3.63, 3.8) is 0 Å². The summed E-state index contributed by atoms with van der Waals surface area (Å²) in [5.41, 5.74) is 0.764. The molecule has 0 aromatic heterocycles. The van der Waals surface area contributed by atoms with E-state index in [1.807, 2.05) is 13.0 Å². The molecule has 2 atom stereocenters. The monoisotopic (exact) mass is 336 g/mol. The molecule has 0 aliphatic rings. The minimum Gasteiger partial charge on any atom is -0.207 e. The van der Waals surface area contributed by atoms with Crippen LogP contribution in [-0.2, 0) is 0 Å². The molecule has 0 heterocycles. The summed E-state index contributed by atoms with van der Waals surface area (Å²) in [6, 6.07) is 5.09. The number of rotatable bonds is 3. The third-order valence-electron chi connectivity index (χ3n) is 2.56. The second-order valence-electron chi connectivity index (χ2n) is 4.14. The molecule has 3 heteroatoms. The third kappa shape index (κ3) is 3.28. The van der Waals surface area contributed by atoms with Crippen molar-refractivity contribution in [1.82, 2.24) is 0 Å². The third-order valence-corrected chi connectivity index (χ3v) is 4.91. The Morgan fingerprint density at radius 3 is 2.33 bits per heavy atom. The molecule has 0 aliphatic heterocycles. The van der Waals surface area contributed by atoms with E-state index >= 15 is 0 Å². The predicted octanol–water partition coefficient (Wildman–Crippen LogP) is 5.11. The molecule has 0 saturated heterocycles. The quantitative estimate of drug-likeness (QED) is 0.672. The van der Waals surface area contributed by atoms with Crippen LogP contribution in [0.25, 0.3) is 0 Å². The van der Waals surface area contributed by atoms with Gasteiger partial charge in [-0.3, -0.25) is 0 Å². The first-order valence-electron chi connectivity index (χ1n) is 5.02. The van der Waals surface area contributed by atoms with Gasteiger partial charge in [0, 0.05) is 9.30 Å². The molecule has 0 spiro atoms. The first-order valence-corrected chi connectivity index (χ1v) is 6.73. The van der Waals surface area contributed by atoms with Crippen LogP contribution in [0.4, 0.5) is 4.39 Å². The fraction of sp³-hybridized carbons (Fsp3) is 0.500. The Balaban J connectivity index is 2.99. The van der Waals surface area contributed by atoms with Crippen LogP contribution in [0.2, 0.25) is 0 Å². The molecule has 0 bridgehead atoms. The molecule has 0 N–H and O–H groups in total. The lowest BCUT2D eigenvalue weighted by molar-refractivity contribution is 0.522. The highest BCUT2D eigenvalue weighted by Gasteiger charge is 2.21. The van der Waals surface area contributed by atoms with Gasteiger partial charge in [0.05, 0.1) is 0 Å². The number of hydrogen-bond acceptors (Lipinski definition) is 0. The lowest BCUT2D eigenvalue weighted by atomic mass is 9.91. The van der Waals surface area contributed by atoms with Gasteiger partial charge in [-0.1, -0.05) is 52.6 Å². The van der Waals surface area contributed by atoms with Gasteiger partial charge in [-0.15, -0.1) is 0 Å². The maximum absolute atomic E-state index is 13.6. The fourth-order valence-electron chi connectivity index (χ4n) is 1.61. The largest absolute Gasteiger partial charge is 0.207 e. The highest BCUT2D eigenvalue weighted by atomic mass is 79.9. The lowest BCUT2D eigenvalue weighted by Crippen LogP contribution is -2.16. The van der Waals surface area contributed by atoms with Crippen molar-refractivity contribution in [1.29, 1.82) is 0 Å². The van der Waals surface area contributed by atoms with Gasteiger partial charge in [0.2, 0.25) is 0 Å². The van der Waals surface area contributed by atoms with Crippen LogP contribution in [0, 0.1) is 11.7 Å². The Labute approximate surface area is 108 Å². The van der Waals surface area contributed by atoms with E-state index in [0.29, 0.717) is 10.7 Å². The van der Waals surface area contributed by atoms with Gasteiger partial charge in [-0.2, -0.15) is 0 Å². The lowest BCUT2D eigenvalue weighted by Gasteiger charge is -2.22. The van der Waals surface area contributed by atoms with E-state index in [0.717, 1.165) is 10.0 Å². The number of alkyl halides is 1. The molecule has 15 heavy (non-hydrogen) atoms. The van der Waals surface area contributed by atoms with E-state index in [-0.39, 0.29) is 11.7 Å². The van der Waals surface area contributed by atoms with E-state index in [1.165, 1.54) is 6.07 Å². The second kappa shape index (κ2) is 5.44. The summed E-state index contributed by atoms with van der Waals surface area (Å²) >= 11 is 6.99. The summed E-state index contributed by atoms with van der Waals surface area (Å²) in [5.74, 6) is 0.525. The highest BCUT2D eigenvalue weighted by Crippen LogP contribution is 2.32. The van der Waals surface area contributed by atoms with Crippen LogP contribution in [0.5, 0.6) is 0 Å². The fourth-order valence-corrected chi connectivity index (χ4v) is 2.28. The smallest absolute Gasteiger partial charge is 0.126 e. The van der Waals surface area contributed by atoms with Crippen LogP contribution in [0.3, 0.4) is 0 Å². The Morgan fingerprint density at radius 1 is 1.20 bits per heavy atom. The molecule has 0 fully saturated rings. The Hall–Kier alpha value is 0.110. The van der Waals surface area contributed by atoms with E-state index in [4.69, 9.17) is 0 Å². The minimum atomic E-state index is -0.129. The summed E-state index contributed by atoms with van der Waals surface area (Å²) in [5, 5.41) is 0. The van der Waals surface area contributed by atoms with Crippen LogP contribution < -0.4 is 0 Å². The van der Waals surface area contributed by atoms with Crippen molar-refractivity contribution < 1.29 is 4.39 Å². The van der Waals surface area contributed by atoms with Crippen molar-refractivity contribution in [2.75, 3.05) is 0 Å². The summed E-state index contributed by atoms with van der Waals surface area (Å²) in [6.07, 6.45) is 0. The van der Waals surface area contributed by atoms with Gasteiger partial charge in [-0.25, -0.2) is 4.39 Å². The number of hydrogen-bond donors (Lipinski definition) is 0. The van der Waals surface area contributed by atoms with E-state index in [1.54, 1.807) is 6.07 Å². The summed E-state index contributed by atoms with van der Waals surface area (Å²) in [6.45, 7) is 6.31. The molecule has 1 rings (SSSR count). The summed E-state index contributed by atoms with van der Waals surface area (Å²) in [7, 11) is 0. The zero-order valence-electron chi connectivity index (χ0n) is 9.10. The summed E-state index contributed by atoms with van der Waals surface area (Å²) in [4.78, 5) is 0.293. The molecule has 2 unspecified atom stereocenters. The summed E-state index contributed by atoms with van der Waals surface area (Å²) < 4.78 is 14.5. The van der Waals surface area contributed by atoms with Gasteiger partial charge < -0.3 is 0 Å². The molecule has 0 amide bonds. The maximum Gasteiger partial charge on any atom is 0.126 e. The van der Waals surface area contributed by atoms with E-state index < -0.39 is 0 Å². The van der Waals surface area contributed by atoms with Crippen molar-refractivity contribution in [2.45, 2.75) is 31.5 Å². The zero-order valence-corrected chi connectivity index (χ0v) is 12.3. The van der Waals surface area contributed by atoms with E-state index in [9.17, 15) is 4.39 Å². The Bertz CT molecular complexity index is 336. The van der Waals surface area contributed by atoms with Crippen LogP contribution >= 0.6 is 31.9 Å². The van der Waals surface area contributed by atoms with Crippen molar-refractivity contribution in [2.24, 2.45) is 5.92 Å². The average Bonchev–Trinajstić information content (AvgIpc) is 2.19. The predicted molar refractivity (Wildman–Crippen MR) is 70.1 cm³/mol. The number of benzene rings is 1. The van der Waals surface area contributed by atoms with E-state index in [2.05, 4.69) is 45.7 Å². The minimum absolute atomic E-state index is 0.129. The maximum atomic E-state index is 13.6. The first kappa shape index (κ1) is 13.2. The molecule has 0 nitrogen and oxygen atoms in total. The standard InChI is InChI=1S/C12H15Br2F/c1-7(2)12(14)8(3)10-6-9(13)4-5-11(10)15/h4-8,12H,1-3H3. The SMILES string of the molecule is CC(C)C(Br)C(C)c1cc(Br)ccc1F. The van der Waals surface area contributed by atoms with Crippen LogP contribution in [0.15, 0.2) is 22.7 Å². The average molecular weight is 338 g/mol. The van der Waals surface area contributed by atoms with Crippen LogP contribution in [-0.4, -0.2) is 4.83 Å². The van der Waals surface area contributed by atoms with Crippen LogP contribution in [0.1, 0.15) is 32.3 Å². The van der Waals surface area contributed by atoms with Gasteiger partial charge in [0.1, 0.15) is 5.82 Å². The van der Waals surface area contributed by atoms with Gasteiger partial charge in [0.15, 0.2) is 0 Å². The first-order chi connectivity index (χ1) is 6.93. The molecule has 84 valence electrons.